The number of hydrogen-bond acceptors (Lipinski definition) is 7. The van der Waals surface area contributed by atoms with Gasteiger partial charge in [0.25, 0.3) is 0 Å². The van der Waals surface area contributed by atoms with Crippen molar-refractivity contribution in [1.29, 1.82) is 0 Å². The van der Waals surface area contributed by atoms with Crippen LogP contribution in [0, 0.1) is 5.92 Å². The molecule has 2 aliphatic rings. The van der Waals surface area contributed by atoms with Gasteiger partial charge in [0.15, 0.2) is 5.82 Å². The van der Waals surface area contributed by atoms with E-state index in [0.717, 1.165) is 53.6 Å². The van der Waals surface area contributed by atoms with Crippen molar-refractivity contribution in [3.8, 4) is 22.4 Å². The van der Waals surface area contributed by atoms with Crippen LogP contribution in [0.3, 0.4) is 0 Å². The lowest BCUT2D eigenvalue weighted by Gasteiger charge is -2.32. The number of cyclic esters (lactones) is 1. The summed E-state index contributed by atoms with van der Waals surface area (Å²) < 4.78 is 5.07. The van der Waals surface area contributed by atoms with Gasteiger partial charge in [0.2, 0.25) is 5.91 Å². The number of nitrogens with two attached hydrogens (primary N) is 1. The van der Waals surface area contributed by atoms with Crippen molar-refractivity contribution < 1.29 is 14.3 Å². The van der Waals surface area contributed by atoms with E-state index in [2.05, 4.69) is 20.9 Å². The van der Waals surface area contributed by atoms with E-state index >= 15 is 0 Å². The number of rotatable bonds is 7. The average Bonchev–Trinajstić information content (AvgIpc) is 3.56. The molecule has 0 unspecified atom stereocenters. The lowest BCUT2D eigenvalue weighted by Crippen LogP contribution is -2.39. The van der Waals surface area contributed by atoms with Crippen LogP contribution in [0.25, 0.3) is 22.4 Å². The van der Waals surface area contributed by atoms with Gasteiger partial charge in [-0.3, -0.25) is 4.79 Å². The molecule has 1 aliphatic heterocycles. The van der Waals surface area contributed by atoms with E-state index < -0.39 is 5.54 Å². The molecule has 0 radical (unpaired) electrons. The molecule has 9 heteroatoms. The quantitative estimate of drug-likeness (QED) is 0.432. The first-order valence-corrected chi connectivity index (χ1v) is 13.8. The van der Waals surface area contributed by atoms with Gasteiger partial charge in [-0.2, -0.15) is 11.3 Å². The summed E-state index contributed by atoms with van der Waals surface area (Å²) in [6, 6.07) is 12.2. The van der Waals surface area contributed by atoms with Crippen LogP contribution in [-0.2, 0) is 15.1 Å². The summed E-state index contributed by atoms with van der Waals surface area (Å²) in [5.74, 6) is 0.684. The molecular weight excluding hydrogens is 486 g/mol. The normalized spacial score (nSPS) is 20.1. The Morgan fingerprint density at radius 3 is 2.51 bits per heavy atom. The second kappa shape index (κ2) is 10.6. The Morgan fingerprint density at radius 1 is 1.14 bits per heavy atom. The number of carbonyl (C=O) groups excluding carboxylic acids is 2. The van der Waals surface area contributed by atoms with Crippen molar-refractivity contribution in [2.24, 2.45) is 11.7 Å². The Kier molecular flexibility index (Phi) is 7.26. The molecule has 2 fully saturated rings. The Labute approximate surface area is 221 Å². The summed E-state index contributed by atoms with van der Waals surface area (Å²) >= 11 is 1.61. The minimum absolute atomic E-state index is 0.0584. The zero-order valence-corrected chi connectivity index (χ0v) is 22.1. The second-order valence-electron chi connectivity index (χ2n) is 10.5. The maximum atomic E-state index is 12.9. The van der Waals surface area contributed by atoms with Crippen molar-refractivity contribution in [2.75, 3.05) is 18.5 Å². The molecule has 2 amide bonds. The van der Waals surface area contributed by atoms with Crippen molar-refractivity contribution in [3.05, 3.63) is 52.7 Å². The zero-order chi connectivity index (χ0) is 26.0. The van der Waals surface area contributed by atoms with Gasteiger partial charge in [-0.1, -0.05) is 24.3 Å². The molecule has 1 aliphatic carbocycles. The molecule has 37 heavy (non-hydrogen) atoms. The van der Waals surface area contributed by atoms with Crippen LogP contribution < -0.4 is 11.1 Å². The van der Waals surface area contributed by atoms with Gasteiger partial charge in [-0.05, 0) is 79.5 Å². The maximum Gasteiger partial charge on any atom is 0.410 e. The number of carbonyl (C=O) groups is 2. The van der Waals surface area contributed by atoms with Crippen LogP contribution >= 0.6 is 11.3 Å². The first kappa shape index (κ1) is 25.4. The number of thiophene rings is 1. The number of aromatic nitrogens is 2. The topological polar surface area (TPSA) is 110 Å². The van der Waals surface area contributed by atoms with Gasteiger partial charge in [-0.25, -0.2) is 4.79 Å². The van der Waals surface area contributed by atoms with Crippen LogP contribution in [-0.4, -0.2) is 46.3 Å². The first-order chi connectivity index (χ1) is 17.8. The molecule has 0 bridgehead atoms. The number of anilines is 1. The molecule has 0 atom stereocenters. The smallest absolute Gasteiger partial charge is 0.410 e. The van der Waals surface area contributed by atoms with Gasteiger partial charge in [0.1, 0.15) is 12.3 Å². The molecule has 194 valence electrons. The van der Waals surface area contributed by atoms with Gasteiger partial charge in [0, 0.05) is 29.1 Å². The Morgan fingerprint density at radius 2 is 1.89 bits per heavy atom. The summed E-state index contributed by atoms with van der Waals surface area (Å²) in [5, 5.41) is 15.9. The van der Waals surface area contributed by atoms with Gasteiger partial charge < -0.3 is 20.7 Å². The molecule has 8 nitrogen and oxygen atoms in total. The predicted molar refractivity (Wildman–Crippen MR) is 145 cm³/mol. The molecule has 0 spiro atoms. The lowest BCUT2D eigenvalue weighted by atomic mass is 9.83. The molecule has 2 aromatic heterocycles. The van der Waals surface area contributed by atoms with Crippen LogP contribution in [0.15, 0.2) is 47.2 Å². The van der Waals surface area contributed by atoms with Crippen LogP contribution in [0.1, 0.15) is 51.5 Å². The van der Waals surface area contributed by atoms with Gasteiger partial charge in [0.05, 0.1) is 6.54 Å². The largest absolute Gasteiger partial charge is 0.448 e. The Hall–Kier alpha value is -3.30. The zero-order valence-electron chi connectivity index (χ0n) is 21.3. The van der Waals surface area contributed by atoms with Crippen LogP contribution in [0.5, 0.6) is 0 Å². The summed E-state index contributed by atoms with van der Waals surface area (Å²) in [6.45, 7) is 5.10. The number of nitrogens with zero attached hydrogens (tertiary/aromatic N) is 3. The predicted octanol–water partition coefficient (Wildman–Crippen LogP) is 5.41. The number of nitrogens with one attached hydrogen (secondary N) is 1. The minimum Gasteiger partial charge on any atom is -0.448 e. The average molecular weight is 520 g/mol. The van der Waals surface area contributed by atoms with Crippen LogP contribution in [0.4, 0.5) is 10.6 Å². The summed E-state index contributed by atoms with van der Waals surface area (Å²) in [4.78, 5) is 26.6. The van der Waals surface area contributed by atoms with Gasteiger partial charge in [-0.15, -0.1) is 10.2 Å². The molecule has 3 heterocycles. The van der Waals surface area contributed by atoms with Crippen molar-refractivity contribution >= 4 is 29.2 Å². The maximum absolute atomic E-state index is 12.9. The summed E-state index contributed by atoms with van der Waals surface area (Å²) in [7, 11) is 0. The molecule has 3 aromatic rings. The molecule has 3 N–H and O–H groups in total. The van der Waals surface area contributed by atoms with Crippen LogP contribution in [0.2, 0.25) is 0 Å². The number of ether oxygens (including phenoxy) is 1. The molecule has 1 saturated heterocycles. The highest BCUT2D eigenvalue weighted by Crippen LogP contribution is 2.34. The van der Waals surface area contributed by atoms with E-state index in [1.807, 2.05) is 60.5 Å². The standard InChI is InChI=1S/C28H33N5O3S/c1-28(2,29)21-7-5-19(6-8-21)26-23(20-11-14-37-17-20)16-24(31-32-26)30-25(34)15-18-3-9-22(10-4-18)33-12-13-36-27(33)35/h5-8,11,14,16-18,22H,3-4,9-10,12-13,15,29H2,1-2H3,(H,30,31,34)/t18-,22-. The van der Waals surface area contributed by atoms with E-state index in [4.69, 9.17) is 10.5 Å². The van der Waals surface area contributed by atoms with Crippen molar-refractivity contribution in [3.63, 3.8) is 0 Å². The second-order valence-corrected chi connectivity index (χ2v) is 11.3. The first-order valence-electron chi connectivity index (χ1n) is 12.8. The number of benzene rings is 1. The Balaban J connectivity index is 1.26. The monoisotopic (exact) mass is 519 g/mol. The fourth-order valence-electron chi connectivity index (χ4n) is 5.22. The fraction of sp³-hybridized carbons (Fsp3) is 0.429. The van der Waals surface area contributed by atoms with Gasteiger partial charge >= 0.3 is 6.09 Å². The highest BCUT2D eigenvalue weighted by atomic mass is 32.1. The third kappa shape index (κ3) is 5.83. The highest BCUT2D eigenvalue weighted by molar-refractivity contribution is 7.08. The number of hydrogen-bond donors (Lipinski definition) is 2. The third-order valence-corrected chi connectivity index (χ3v) is 8.00. The summed E-state index contributed by atoms with van der Waals surface area (Å²) in [6.07, 6.45) is 3.88. The van der Waals surface area contributed by atoms with E-state index in [0.29, 0.717) is 31.3 Å². The molecule has 1 aromatic carbocycles. The molecule has 1 saturated carbocycles. The Bertz CT molecular complexity index is 1250. The fourth-order valence-corrected chi connectivity index (χ4v) is 5.87. The van der Waals surface area contributed by atoms with Crippen molar-refractivity contribution in [1.82, 2.24) is 15.1 Å². The highest BCUT2D eigenvalue weighted by Gasteiger charge is 2.33. The lowest BCUT2D eigenvalue weighted by molar-refractivity contribution is -0.117. The SMILES string of the molecule is CC(C)(N)c1ccc(-c2nnc(NC(=O)C[C@H]3CC[C@H](N4CCOC4=O)CC3)cc2-c2ccsc2)cc1. The molecule has 5 rings (SSSR count). The summed E-state index contributed by atoms with van der Waals surface area (Å²) in [5.41, 5.74) is 10.5. The third-order valence-electron chi connectivity index (χ3n) is 7.32. The van der Waals surface area contributed by atoms with E-state index in [1.54, 1.807) is 11.3 Å². The van der Waals surface area contributed by atoms with E-state index in [9.17, 15) is 9.59 Å². The minimum atomic E-state index is -0.423. The van der Waals surface area contributed by atoms with Crippen molar-refractivity contribution in [2.45, 2.75) is 57.5 Å². The number of amides is 2. The molecular formula is C28H33N5O3S. The van der Waals surface area contributed by atoms with E-state index in [-0.39, 0.29) is 18.0 Å². The van der Waals surface area contributed by atoms with E-state index in [1.165, 1.54) is 0 Å².